The van der Waals surface area contributed by atoms with Crippen molar-refractivity contribution in [1.29, 1.82) is 0 Å². The van der Waals surface area contributed by atoms with Gasteiger partial charge >= 0.3 is 0 Å². The molecule has 5 nitrogen and oxygen atoms in total. The number of hydrogen-bond donors (Lipinski definition) is 0. The van der Waals surface area contributed by atoms with Crippen LogP contribution in [-0.2, 0) is 13.1 Å². The van der Waals surface area contributed by atoms with Gasteiger partial charge in [0.25, 0.3) is 0 Å². The maximum absolute atomic E-state index is 11.2. The van der Waals surface area contributed by atoms with E-state index in [0.717, 1.165) is 17.9 Å². The summed E-state index contributed by atoms with van der Waals surface area (Å²) >= 11 is 0. The first-order valence-corrected chi connectivity index (χ1v) is 5.67. The molecule has 0 atom stereocenters. The van der Waals surface area contributed by atoms with Crippen LogP contribution in [0.3, 0.4) is 0 Å². The van der Waals surface area contributed by atoms with E-state index in [0.29, 0.717) is 12.1 Å². The molecule has 90 valence electrons. The van der Waals surface area contributed by atoms with Crippen LogP contribution < -0.4 is 0 Å². The average Bonchev–Trinajstić information content (AvgIpc) is 2.86. The molecule has 0 saturated carbocycles. The van der Waals surface area contributed by atoms with E-state index >= 15 is 0 Å². The van der Waals surface area contributed by atoms with Gasteiger partial charge in [-0.15, -0.1) is 0 Å². The molecule has 0 bridgehead atoms. The van der Waals surface area contributed by atoms with Crippen molar-refractivity contribution in [2.24, 2.45) is 0 Å². The number of aromatic nitrogens is 4. The number of nitrogens with zero attached hydrogens (tertiary/aromatic N) is 4. The summed E-state index contributed by atoms with van der Waals surface area (Å²) in [6.07, 6.45) is 3.37. The highest BCUT2D eigenvalue weighted by Gasteiger charge is 2.07. The average molecular weight is 232 g/mol. The second kappa shape index (κ2) is 4.53. The lowest BCUT2D eigenvalue weighted by molar-refractivity contribution is 0.101. The Morgan fingerprint density at radius 3 is 2.82 bits per heavy atom. The maximum Gasteiger partial charge on any atom is 0.162 e. The Labute approximate surface area is 100 Å². The molecule has 2 heterocycles. The van der Waals surface area contributed by atoms with Gasteiger partial charge in [-0.05, 0) is 26.8 Å². The van der Waals surface area contributed by atoms with Gasteiger partial charge in [-0.2, -0.15) is 10.2 Å². The summed E-state index contributed by atoms with van der Waals surface area (Å²) in [5.74, 6) is 0.0384. The fraction of sp³-hybridized carbons (Fsp3) is 0.417. The molecular weight excluding hydrogens is 216 g/mol. The van der Waals surface area contributed by atoms with E-state index in [1.165, 1.54) is 0 Å². The van der Waals surface area contributed by atoms with Gasteiger partial charge < -0.3 is 0 Å². The minimum absolute atomic E-state index is 0.0384. The Morgan fingerprint density at radius 2 is 2.24 bits per heavy atom. The molecule has 2 rings (SSSR count). The summed E-state index contributed by atoms with van der Waals surface area (Å²) in [7, 11) is 0. The summed E-state index contributed by atoms with van der Waals surface area (Å²) in [6, 6.07) is 2.04. The van der Waals surface area contributed by atoms with Gasteiger partial charge in [0.2, 0.25) is 0 Å². The highest BCUT2D eigenvalue weighted by atomic mass is 16.1. The lowest BCUT2D eigenvalue weighted by Gasteiger charge is -2.04. The first-order valence-electron chi connectivity index (χ1n) is 5.67. The van der Waals surface area contributed by atoms with E-state index in [1.54, 1.807) is 24.0 Å². The minimum atomic E-state index is 0.0384. The van der Waals surface area contributed by atoms with Crippen molar-refractivity contribution in [3.05, 3.63) is 35.4 Å². The SMILES string of the molecule is CCn1nc(C)cc1Cn1cc(C(C)=O)cn1. The monoisotopic (exact) mass is 232 g/mol. The van der Waals surface area contributed by atoms with Crippen LogP contribution in [0.15, 0.2) is 18.5 Å². The first kappa shape index (κ1) is 11.6. The van der Waals surface area contributed by atoms with Crippen molar-refractivity contribution in [2.75, 3.05) is 0 Å². The molecule has 0 amide bonds. The van der Waals surface area contributed by atoms with Crippen LogP contribution in [0.1, 0.15) is 35.6 Å². The molecule has 0 radical (unpaired) electrons. The van der Waals surface area contributed by atoms with Crippen molar-refractivity contribution < 1.29 is 4.79 Å². The lowest BCUT2D eigenvalue weighted by Crippen LogP contribution is -2.08. The molecule has 5 heteroatoms. The van der Waals surface area contributed by atoms with Crippen molar-refractivity contribution in [3.63, 3.8) is 0 Å². The van der Waals surface area contributed by atoms with E-state index in [-0.39, 0.29) is 5.78 Å². The third kappa shape index (κ3) is 2.43. The molecule has 2 aromatic heterocycles. The molecule has 2 aromatic rings. The number of rotatable bonds is 4. The minimum Gasteiger partial charge on any atom is -0.294 e. The first-order chi connectivity index (χ1) is 8.10. The van der Waals surface area contributed by atoms with Crippen LogP contribution in [0.2, 0.25) is 0 Å². The molecule has 17 heavy (non-hydrogen) atoms. The van der Waals surface area contributed by atoms with E-state index in [9.17, 15) is 4.79 Å². The van der Waals surface area contributed by atoms with E-state index in [1.807, 2.05) is 17.7 Å². The van der Waals surface area contributed by atoms with Gasteiger partial charge in [0, 0.05) is 12.7 Å². The van der Waals surface area contributed by atoms with Gasteiger partial charge in [-0.3, -0.25) is 14.2 Å². The van der Waals surface area contributed by atoms with Gasteiger partial charge in [0.15, 0.2) is 5.78 Å². The zero-order chi connectivity index (χ0) is 12.4. The normalized spacial score (nSPS) is 10.8. The number of Topliss-reactive ketones (excluding diaryl/α,β-unsaturated/α-hetero) is 1. The van der Waals surface area contributed by atoms with Gasteiger partial charge in [-0.25, -0.2) is 0 Å². The number of carbonyl (C=O) groups excluding carboxylic acids is 1. The van der Waals surface area contributed by atoms with Crippen LogP contribution in [0.5, 0.6) is 0 Å². The summed E-state index contributed by atoms with van der Waals surface area (Å²) in [6.45, 7) is 7.05. The van der Waals surface area contributed by atoms with Crippen molar-refractivity contribution in [2.45, 2.75) is 33.9 Å². The Kier molecular flexibility index (Phi) is 3.08. The molecular formula is C12H16N4O. The van der Waals surface area contributed by atoms with Crippen LogP contribution in [-0.4, -0.2) is 25.3 Å². The second-order valence-corrected chi connectivity index (χ2v) is 4.08. The fourth-order valence-electron chi connectivity index (χ4n) is 1.80. The van der Waals surface area contributed by atoms with Crippen LogP contribution in [0, 0.1) is 6.92 Å². The van der Waals surface area contributed by atoms with Crippen molar-refractivity contribution in [1.82, 2.24) is 19.6 Å². The zero-order valence-corrected chi connectivity index (χ0v) is 10.3. The van der Waals surface area contributed by atoms with Crippen LogP contribution >= 0.6 is 0 Å². The Hall–Kier alpha value is -1.91. The van der Waals surface area contributed by atoms with Crippen molar-refractivity contribution in [3.8, 4) is 0 Å². The highest BCUT2D eigenvalue weighted by molar-refractivity contribution is 5.93. The summed E-state index contributed by atoms with van der Waals surface area (Å²) in [4.78, 5) is 11.2. The van der Waals surface area contributed by atoms with E-state index in [4.69, 9.17) is 0 Å². The highest BCUT2D eigenvalue weighted by Crippen LogP contribution is 2.07. The summed E-state index contributed by atoms with van der Waals surface area (Å²) in [5, 5.41) is 8.55. The maximum atomic E-state index is 11.2. The topological polar surface area (TPSA) is 52.7 Å². The second-order valence-electron chi connectivity index (χ2n) is 4.08. The molecule has 0 aliphatic rings. The molecule has 0 aliphatic heterocycles. The Morgan fingerprint density at radius 1 is 1.47 bits per heavy atom. The third-order valence-corrected chi connectivity index (χ3v) is 2.65. The van der Waals surface area contributed by atoms with Crippen LogP contribution in [0.25, 0.3) is 0 Å². The van der Waals surface area contributed by atoms with E-state index in [2.05, 4.69) is 17.1 Å². The molecule has 0 spiro atoms. The molecule has 0 saturated heterocycles. The number of hydrogen-bond acceptors (Lipinski definition) is 3. The van der Waals surface area contributed by atoms with Crippen LogP contribution in [0.4, 0.5) is 0 Å². The van der Waals surface area contributed by atoms with Gasteiger partial charge in [-0.1, -0.05) is 0 Å². The summed E-state index contributed by atoms with van der Waals surface area (Å²) < 4.78 is 3.71. The van der Waals surface area contributed by atoms with E-state index < -0.39 is 0 Å². The number of carbonyl (C=O) groups is 1. The van der Waals surface area contributed by atoms with Gasteiger partial charge in [0.1, 0.15) is 0 Å². The standard InChI is InChI=1S/C12H16N4O/c1-4-16-12(5-9(2)14-16)8-15-7-11(6-13-15)10(3)17/h5-7H,4,8H2,1-3H3. The smallest absolute Gasteiger partial charge is 0.162 e. The quantitative estimate of drug-likeness (QED) is 0.753. The predicted molar refractivity (Wildman–Crippen MR) is 64.0 cm³/mol. The zero-order valence-electron chi connectivity index (χ0n) is 10.3. The van der Waals surface area contributed by atoms with Crippen molar-refractivity contribution >= 4 is 5.78 Å². The fourth-order valence-corrected chi connectivity index (χ4v) is 1.80. The third-order valence-electron chi connectivity index (χ3n) is 2.65. The molecule has 0 aromatic carbocycles. The summed E-state index contributed by atoms with van der Waals surface area (Å²) in [5.41, 5.74) is 2.74. The Balaban J connectivity index is 2.21. The Bertz CT molecular complexity index is 538. The number of ketones is 1. The predicted octanol–water partition coefficient (Wildman–Crippen LogP) is 1.66. The lowest BCUT2D eigenvalue weighted by atomic mass is 10.3. The van der Waals surface area contributed by atoms with Gasteiger partial charge in [0.05, 0.1) is 29.7 Å². The molecule has 0 unspecified atom stereocenters. The molecule has 0 fully saturated rings. The largest absolute Gasteiger partial charge is 0.294 e. The molecule has 0 N–H and O–H groups in total. The molecule has 0 aliphatic carbocycles. The number of aryl methyl sites for hydroxylation is 2.